The fraction of sp³-hybridized carbons (Fsp3) is 0.625. The molecule has 0 amide bonds. The van der Waals surface area contributed by atoms with E-state index in [1.165, 1.54) is 49.7 Å². The summed E-state index contributed by atoms with van der Waals surface area (Å²) in [5, 5.41) is 3.50. The number of nitrogens with one attached hydrogen (secondary N) is 1. The van der Waals surface area contributed by atoms with Crippen LogP contribution >= 0.6 is 0 Å². The lowest BCUT2D eigenvalue weighted by Gasteiger charge is -2.31. The molecule has 0 aliphatic heterocycles. The molecule has 1 heteroatoms. The molecule has 1 fully saturated rings. The molecule has 2 rings (SSSR count). The molecule has 2 unspecified atom stereocenters. The van der Waals surface area contributed by atoms with E-state index in [2.05, 4.69) is 43.6 Å². The van der Waals surface area contributed by atoms with Crippen molar-refractivity contribution >= 4 is 0 Å². The Bertz CT molecular complexity index is 345. The summed E-state index contributed by atoms with van der Waals surface area (Å²) < 4.78 is 0. The molecule has 0 heterocycles. The molecule has 1 saturated carbocycles. The summed E-state index contributed by atoms with van der Waals surface area (Å²) in [5.74, 6) is 0.884. The lowest BCUT2D eigenvalue weighted by Crippen LogP contribution is -2.36. The summed E-state index contributed by atoms with van der Waals surface area (Å²) in [7, 11) is 2.12. The Labute approximate surface area is 106 Å². The van der Waals surface area contributed by atoms with Crippen LogP contribution in [-0.4, -0.2) is 13.1 Å². The first-order valence-corrected chi connectivity index (χ1v) is 7.02. The lowest BCUT2D eigenvalue weighted by molar-refractivity contribution is 0.260. The Balaban J connectivity index is 1.88. The van der Waals surface area contributed by atoms with Gasteiger partial charge in [0.05, 0.1) is 0 Å². The van der Waals surface area contributed by atoms with Gasteiger partial charge in [0.15, 0.2) is 0 Å². The second-order valence-corrected chi connectivity index (χ2v) is 5.47. The van der Waals surface area contributed by atoms with Gasteiger partial charge in [0.25, 0.3) is 0 Å². The SMILES string of the molecule is CNC1CCCCC1CCc1cccc(C)c1. The predicted octanol–water partition coefficient (Wildman–Crippen LogP) is 3.71. The van der Waals surface area contributed by atoms with Crippen molar-refractivity contribution in [1.82, 2.24) is 5.32 Å². The molecule has 1 aromatic carbocycles. The minimum absolute atomic E-state index is 0.758. The average molecular weight is 231 g/mol. The van der Waals surface area contributed by atoms with Crippen LogP contribution in [0.3, 0.4) is 0 Å². The zero-order chi connectivity index (χ0) is 12.1. The number of rotatable bonds is 4. The minimum atomic E-state index is 0.758. The maximum Gasteiger partial charge on any atom is 0.00924 e. The summed E-state index contributed by atoms with van der Waals surface area (Å²) in [6, 6.07) is 9.72. The van der Waals surface area contributed by atoms with Gasteiger partial charge in [-0.05, 0) is 51.1 Å². The number of hydrogen-bond acceptors (Lipinski definition) is 1. The third kappa shape index (κ3) is 3.57. The summed E-state index contributed by atoms with van der Waals surface area (Å²) in [4.78, 5) is 0. The zero-order valence-electron chi connectivity index (χ0n) is 11.2. The highest BCUT2D eigenvalue weighted by Gasteiger charge is 2.22. The monoisotopic (exact) mass is 231 g/mol. The molecule has 17 heavy (non-hydrogen) atoms. The van der Waals surface area contributed by atoms with Crippen molar-refractivity contribution in [2.45, 2.75) is 51.5 Å². The van der Waals surface area contributed by atoms with Gasteiger partial charge in [0.1, 0.15) is 0 Å². The molecular formula is C16H25N. The molecule has 94 valence electrons. The van der Waals surface area contributed by atoms with E-state index < -0.39 is 0 Å². The van der Waals surface area contributed by atoms with Crippen LogP contribution in [0.1, 0.15) is 43.2 Å². The van der Waals surface area contributed by atoms with Crippen LogP contribution in [0, 0.1) is 12.8 Å². The van der Waals surface area contributed by atoms with Crippen molar-refractivity contribution in [3.8, 4) is 0 Å². The molecule has 1 nitrogen and oxygen atoms in total. The molecule has 0 bridgehead atoms. The van der Waals surface area contributed by atoms with E-state index >= 15 is 0 Å². The Morgan fingerprint density at radius 2 is 2.06 bits per heavy atom. The van der Waals surface area contributed by atoms with Crippen LogP contribution in [0.4, 0.5) is 0 Å². The summed E-state index contributed by atoms with van der Waals surface area (Å²) in [6.45, 7) is 2.18. The van der Waals surface area contributed by atoms with Crippen LogP contribution in [0.15, 0.2) is 24.3 Å². The van der Waals surface area contributed by atoms with Gasteiger partial charge >= 0.3 is 0 Å². The highest BCUT2D eigenvalue weighted by atomic mass is 14.9. The van der Waals surface area contributed by atoms with Gasteiger partial charge in [-0.1, -0.05) is 42.7 Å². The molecule has 1 N–H and O–H groups in total. The fourth-order valence-corrected chi connectivity index (χ4v) is 3.15. The van der Waals surface area contributed by atoms with Crippen LogP contribution in [0.5, 0.6) is 0 Å². The van der Waals surface area contributed by atoms with Gasteiger partial charge in [-0.15, -0.1) is 0 Å². The van der Waals surface area contributed by atoms with E-state index in [9.17, 15) is 0 Å². The van der Waals surface area contributed by atoms with Crippen molar-refractivity contribution in [2.24, 2.45) is 5.92 Å². The van der Waals surface area contributed by atoms with Gasteiger partial charge in [0.2, 0.25) is 0 Å². The molecule has 1 aromatic rings. The molecule has 0 radical (unpaired) electrons. The van der Waals surface area contributed by atoms with Crippen molar-refractivity contribution in [3.63, 3.8) is 0 Å². The van der Waals surface area contributed by atoms with Crippen molar-refractivity contribution in [2.75, 3.05) is 7.05 Å². The maximum atomic E-state index is 3.50. The normalized spacial score (nSPS) is 24.8. The van der Waals surface area contributed by atoms with E-state index in [0.29, 0.717) is 0 Å². The first-order chi connectivity index (χ1) is 8.29. The molecule has 1 aliphatic rings. The van der Waals surface area contributed by atoms with Gasteiger partial charge in [-0.2, -0.15) is 0 Å². The van der Waals surface area contributed by atoms with E-state index in [4.69, 9.17) is 0 Å². The van der Waals surface area contributed by atoms with E-state index in [-0.39, 0.29) is 0 Å². The molecular weight excluding hydrogens is 206 g/mol. The van der Waals surface area contributed by atoms with Gasteiger partial charge in [-0.25, -0.2) is 0 Å². The van der Waals surface area contributed by atoms with Gasteiger partial charge in [-0.3, -0.25) is 0 Å². The Kier molecular flexibility index (Phi) is 4.61. The van der Waals surface area contributed by atoms with Crippen LogP contribution in [-0.2, 0) is 6.42 Å². The highest BCUT2D eigenvalue weighted by molar-refractivity contribution is 5.22. The van der Waals surface area contributed by atoms with Crippen molar-refractivity contribution in [1.29, 1.82) is 0 Å². The van der Waals surface area contributed by atoms with Crippen LogP contribution < -0.4 is 5.32 Å². The van der Waals surface area contributed by atoms with E-state index in [1.54, 1.807) is 0 Å². The van der Waals surface area contributed by atoms with Gasteiger partial charge < -0.3 is 5.32 Å². The third-order valence-electron chi connectivity index (χ3n) is 4.17. The van der Waals surface area contributed by atoms with Crippen LogP contribution in [0.2, 0.25) is 0 Å². The first-order valence-electron chi connectivity index (χ1n) is 7.02. The standard InChI is InChI=1S/C16H25N/c1-13-6-5-7-14(12-13)10-11-15-8-3-4-9-16(15)17-2/h5-7,12,15-17H,3-4,8-11H2,1-2H3. The van der Waals surface area contributed by atoms with Crippen molar-refractivity contribution in [3.05, 3.63) is 35.4 Å². The molecule has 0 saturated heterocycles. The quantitative estimate of drug-likeness (QED) is 0.833. The Morgan fingerprint density at radius 3 is 2.82 bits per heavy atom. The van der Waals surface area contributed by atoms with Gasteiger partial charge in [0, 0.05) is 6.04 Å². The number of benzene rings is 1. The first kappa shape index (κ1) is 12.6. The molecule has 1 aliphatic carbocycles. The molecule has 0 spiro atoms. The Morgan fingerprint density at radius 1 is 1.24 bits per heavy atom. The van der Waals surface area contributed by atoms with E-state index in [0.717, 1.165) is 12.0 Å². The number of hydrogen-bond donors (Lipinski definition) is 1. The second-order valence-electron chi connectivity index (χ2n) is 5.47. The topological polar surface area (TPSA) is 12.0 Å². The smallest absolute Gasteiger partial charge is 0.00924 e. The third-order valence-corrected chi connectivity index (χ3v) is 4.17. The maximum absolute atomic E-state index is 3.50. The largest absolute Gasteiger partial charge is 0.317 e. The molecule has 0 aromatic heterocycles. The van der Waals surface area contributed by atoms with E-state index in [1.807, 2.05) is 0 Å². The Hall–Kier alpha value is -0.820. The predicted molar refractivity (Wildman–Crippen MR) is 74.3 cm³/mol. The molecule has 2 atom stereocenters. The zero-order valence-corrected chi connectivity index (χ0v) is 11.2. The number of aryl methyl sites for hydroxylation is 2. The summed E-state index contributed by atoms with van der Waals surface area (Å²) in [5.41, 5.74) is 2.89. The summed E-state index contributed by atoms with van der Waals surface area (Å²) in [6.07, 6.45) is 8.20. The van der Waals surface area contributed by atoms with Crippen molar-refractivity contribution < 1.29 is 0 Å². The average Bonchev–Trinajstić information content (AvgIpc) is 2.37. The second kappa shape index (κ2) is 6.20. The van der Waals surface area contributed by atoms with Crippen LogP contribution in [0.25, 0.3) is 0 Å². The summed E-state index contributed by atoms with van der Waals surface area (Å²) >= 11 is 0. The minimum Gasteiger partial charge on any atom is -0.317 e. The highest BCUT2D eigenvalue weighted by Crippen LogP contribution is 2.28. The lowest BCUT2D eigenvalue weighted by atomic mass is 9.81. The fourth-order valence-electron chi connectivity index (χ4n) is 3.15.